The summed E-state index contributed by atoms with van der Waals surface area (Å²) in [6, 6.07) is 6.83. The molecule has 1 saturated heterocycles. The zero-order valence-electron chi connectivity index (χ0n) is 15.7. The van der Waals surface area contributed by atoms with Crippen molar-refractivity contribution in [1.82, 2.24) is 9.97 Å². The molecule has 2 aromatic heterocycles. The Labute approximate surface area is 166 Å². The summed E-state index contributed by atoms with van der Waals surface area (Å²) < 4.78 is 0. The van der Waals surface area contributed by atoms with Crippen molar-refractivity contribution in [1.29, 1.82) is 0 Å². The number of fused-ring (bicyclic) bond motifs is 3. The van der Waals surface area contributed by atoms with Crippen molar-refractivity contribution >= 4 is 38.7 Å². The van der Waals surface area contributed by atoms with Crippen molar-refractivity contribution < 1.29 is 4.92 Å². The highest BCUT2D eigenvalue weighted by Crippen LogP contribution is 2.40. The molecular formula is C20H21N5O2S. The second kappa shape index (κ2) is 6.70. The summed E-state index contributed by atoms with van der Waals surface area (Å²) >= 11 is 1.84. The molecule has 28 heavy (non-hydrogen) atoms. The Morgan fingerprint density at radius 1 is 1.04 bits per heavy atom. The van der Waals surface area contributed by atoms with Crippen LogP contribution in [0.4, 0.5) is 17.2 Å². The molecular weight excluding hydrogens is 374 g/mol. The monoisotopic (exact) mass is 395 g/mol. The van der Waals surface area contributed by atoms with Gasteiger partial charge in [-0.15, -0.1) is 11.3 Å². The first-order valence-corrected chi connectivity index (χ1v) is 10.4. The van der Waals surface area contributed by atoms with Crippen LogP contribution in [-0.2, 0) is 12.8 Å². The van der Waals surface area contributed by atoms with Crippen LogP contribution in [0.3, 0.4) is 0 Å². The fraction of sp³-hybridized carbons (Fsp3) is 0.400. The summed E-state index contributed by atoms with van der Waals surface area (Å²) in [7, 11) is 0. The number of benzene rings is 1. The molecule has 3 aromatic rings. The van der Waals surface area contributed by atoms with Gasteiger partial charge in [0, 0.05) is 48.9 Å². The normalized spacial score (nSPS) is 16.6. The van der Waals surface area contributed by atoms with E-state index in [1.165, 1.54) is 28.7 Å². The summed E-state index contributed by atoms with van der Waals surface area (Å²) in [6.45, 7) is 5.48. The van der Waals surface area contributed by atoms with Crippen LogP contribution in [0.2, 0.25) is 0 Å². The maximum absolute atomic E-state index is 10.9. The van der Waals surface area contributed by atoms with E-state index in [-0.39, 0.29) is 10.6 Å². The fourth-order valence-electron chi connectivity index (χ4n) is 4.27. The van der Waals surface area contributed by atoms with E-state index in [9.17, 15) is 10.1 Å². The van der Waals surface area contributed by atoms with Gasteiger partial charge in [0.1, 0.15) is 16.5 Å². The number of nitrogens with zero attached hydrogens (tertiary/aromatic N) is 5. The first kappa shape index (κ1) is 17.4. The molecule has 7 nitrogen and oxygen atoms in total. The van der Waals surface area contributed by atoms with Crippen LogP contribution in [0.5, 0.6) is 0 Å². The highest BCUT2D eigenvalue weighted by Gasteiger charge is 2.26. The maximum Gasteiger partial charge on any atom is 0.269 e. The molecule has 0 unspecified atom stereocenters. The highest BCUT2D eigenvalue weighted by molar-refractivity contribution is 7.19. The quantitative estimate of drug-likeness (QED) is 0.497. The molecule has 0 amide bonds. The van der Waals surface area contributed by atoms with Crippen LogP contribution in [0.15, 0.2) is 24.3 Å². The van der Waals surface area contributed by atoms with Crippen LogP contribution in [0.1, 0.15) is 22.7 Å². The first-order chi connectivity index (χ1) is 13.6. The molecule has 1 aromatic carbocycles. The SMILES string of the molecule is Cc1nc(N2CCN(c3ccc([N+](=O)[O-])cc3)CC2)c2c3c(sc2n1)CCC3. The van der Waals surface area contributed by atoms with Gasteiger partial charge in [-0.3, -0.25) is 10.1 Å². The van der Waals surface area contributed by atoms with Gasteiger partial charge >= 0.3 is 0 Å². The van der Waals surface area contributed by atoms with E-state index in [0.717, 1.165) is 54.8 Å². The number of non-ortho nitro benzene ring substituents is 1. The Morgan fingerprint density at radius 2 is 1.75 bits per heavy atom. The molecule has 144 valence electrons. The van der Waals surface area contributed by atoms with Crippen molar-refractivity contribution in [2.75, 3.05) is 36.0 Å². The predicted molar refractivity (Wildman–Crippen MR) is 112 cm³/mol. The van der Waals surface area contributed by atoms with Crippen LogP contribution in [0.25, 0.3) is 10.2 Å². The smallest absolute Gasteiger partial charge is 0.269 e. The van der Waals surface area contributed by atoms with Crippen molar-refractivity contribution in [3.05, 3.63) is 50.6 Å². The molecule has 1 fully saturated rings. The summed E-state index contributed by atoms with van der Waals surface area (Å²) in [5.74, 6) is 1.92. The molecule has 0 spiro atoms. The van der Waals surface area contributed by atoms with E-state index >= 15 is 0 Å². The van der Waals surface area contributed by atoms with E-state index in [4.69, 9.17) is 9.97 Å². The molecule has 3 heterocycles. The number of nitro groups is 1. The minimum Gasteiger partial charge on any atom is -0.368 e. The maximum atomic E-state index is 10.9. The molecule has 8 heteroatoms. The lowest BCUT2D eigenvalue weighted by molar-refractivity contribution is -0.384. The Kier molecular flexibility index (Phi) is 4.16. The number of aryl methyl sites for hydroxylation is 3. The van der Waals surface area contributed by atoms with Gasteiger partial charge in [-0.25, -0.2) is 9.97 Å². The predicted octanol–water partition coefficient (Wildman–Crippen LogP) is 3.72. The molecule has 0 N–H and O–H groups in total. The lowest BCUT2D eigenvalue weighted by Crippen LogP contribution is -2.47. The average molecular weight is 395 g/mol. The number of anilines is 2. The third kappa shape index (κ3) is 2.88. The number of hydrogen-bond acceptors (Lipinski definition) is 7. The fourth-order valence-corrected chi connectivity index (χ4v) is 5.57. The molecule has 1 aliphatic carbocycles. The van der Waals surface area contributed by atoms with E-state index in [2.05, 4.69) is 9.80 Å². The number of rotatable bonds is 3. The van der Waals surface area contributed by atoms with Gasteiger partial charge in [0.15, 0.2) is 0 Å². The minimum atomic E-state index is -0.357. The number of thiophene rings is 1. The first-order valence-electron chi connectivity index (χ1n) is 9.63. The number of nitro benzene ring substituents is 1. The van der Waals surface area contributed by atoms with Crippen molar-refractivity contribution in [3.8, 4) is 0 Å². The van der Waals surface area contributed by atoms with Crippen LogP contribution in [-0.4, -0.2) is 41.1 Å². The lowest BCUT2D eigenvalue weighted by atomic mass is 10.1. The van der Waals surface area contributed by atoms with Gasteiger partial charge in [-0.2, -0.15) is 0 Å². The highest BCUT2D eigenvalue weighted by atomic mass is 32.1. The summed E-state index contributed by atoms with van der Waals surface area (Å²) in [5, 5.41) is 12.1. The lowest BCUT2D eigenvalue weighted by Gasteiger charge is -2.37. The molecule has 0 radical (unpaired) electrons. The van der Waals surface area contributed by atoms with Gasteiger partial charge in [-0.05, 0) is 43.9 Å². The summed E-state index contributed by atoms with van der Waals surface area (Å²) in [4.78, 5) is 27.3. The Hall–Kier alpha value is -2.74. The molecule has 0 bridgehead atoms. The summed E-state index contributed by atoms with van der Waals surface area (Å²) in [5.41, 5.74) is 2.63. The molecule has 0 atom stereocenters. The zero-order chi connectivity index (χ0) is 19.3. The largest absolute Gasteiger partial charge is 0.368 e. The number of hydrogen-bond donors (Lipinski definition) is 0. The van der Waals surface area contributed by atoms with Crippen LogP contribution in [0, 0.1) is 17.0 Å². The van der Waals surface area contributed by atoms with Gasteiger partial charge in [0.2, 0.25) is 0 Å². The topological polar surface area (TPSA) is 75.4 Å². The van der Waals surface area contributed by atoms with Crippen LogP contribution < -0.4 is 9.80 Å². The van der Waals surface area contributed by atoms with E-state index in [0.29, 0.717) is 0 Å². The second-order valence-electron chi connectivity index (χ2n) is 7.38. The molecule has 2 aliphatic rings. The second-order valence-corrected chi connectivity index (χ2v) is 8.46. The van der Waals surface area contributed by atoms with Crippen molar-refractivity contribution in [2.24, 2.45) is 0 Å². The standard InChI is InChI=1S/C20H21N5O2S/c1-13-21-19(18-16-3-2-4-17(16)28-20(18)22-13)24-11-9-23(10-12-24)14-5-7-15(8-6-14)25(26)27/h5-8H,2-4,9-12H2,1H3. The number of aromatic nitrogens is 2. The van der Waals surface area contributed by atoms with Gasteiger partial charge in [-0.1, -0.05) is 0 Å². The third-order valence-corrected chi connectivity index (χ3v) is 6.85. The van der Waals surface area contributed by atoms with Gasteiger partial charge < -0.3 is 9.80 Å². The Bertz CT molecular complexity index is 1050. The zero-order valence-corrected chi connectivity index (χ0v) is 16.5. The third-order valence-electron chi connectivity index (χ3n) is 5.66. The van der Waals surface area contributed by atoms with Gasteiger partial charge in [0.25, 0.3) is 5.69 Å². The van der Waals surface area contributed by atoms with Gasteiger partial charge in [0.05, 0.1) is 10.3 Å². The van der Waals surface area contributed by atoms with E-state index in [1.54, 1.807) is 12.1 Å². The van der Waals surface area contributed by atoms with Crippen molar-refractivity contribution in [3.63, 3.8) is 0 Å². The summed E-state index contributed by atoms with van der Waals surface area (Å²) in [6.07, 6.45) is 3.54. The molecule has 0 saturated carbocycles. The van der Waals surface area contributed by atoms with Crippen molar-refractivity contribution in [2.45, 2.75) is 26.2 Å². The van der Waals surface area contributed by atoms with Crippen LogP contribution >= 0.6 is 11.3 Å². The molecule has 1 aliphatic heterocycles. The Balaban J connectivity index is 1.39. The minimum absolute atomic E-state index is 0.132. The Morgan fingerprint density at radius 3 is 2.46 bits per heavy atom. The van der Waals surface area contributed by atoms with E-state index in [1.807, 2.05) is 30.4 Å². The van der Waals surface area contributed by atoms with E-state index < -0.39 is 0 Å². The number of piperazine rings is 1. The average Bonchev–Trinajstić information content (AvgIpc) is 3.28. The molecule has 5 rings (SSSR count).